The zero-order valence-electron chi connectivity index (χ0n) is 10.1. The van der Waals surface area contributed by atoms with E-state index in [1.807, 2.05) is 24.4 Å². The lowest BCUT2D eigenvalue weighted by Gasteiger charge is -2.16. The molecular weight excluding hydrogens is 215 g/mol. The summed E-state index contributed by atoms with van der Waals surface area (Å²) in [4.78, 5) is 3.12. The van der Waals surface area contributed by atoms with Gasteiger partial charge in [0.25, 0.3) is 0 Å². The van der Waals surface area contributed by atoms with Gasteiger partial charge in [-0.25, -0.2) is 4.39 Å². The fraction of sp³-hybridized carbons (Fsp3) is 0.286. The predicted molar refractivity (Wildman–Crippen MR) is 68.3 cm³/mol. The summed E-state index contributed by atoms with van der Waals surface area (Å²) in [6, 6.07) is 9.02. The maximum Gasteiger partial charge on any atom is 0.123 e. The molecule has 17 heavy (non-hydrogen) atoms. The first-order valence-corrected chi connectivity index (χ1v) is 5.89. The Kier molecular flexibility index (Phi) is 3.59. The molecule has 0 saturated heterocycles. The average Bonchev–Trinajstić information content (AvgIpc) is 2.82. The van der Waals surface area contributed by atoms with Crippen LogP contribution in [0, 0.1) is 5.82 Å². The van der Waals surface area contributed by atoms with Crippen molar-refractivity contribution in [2.75, 3.05) is 6.54 Å². The maximum absolute atomic E-state index is 13.4. The number of hydrogen-bond donors (Lipinski definition) is 2. The van der Waals surface area contributed by atoms with Crippen molar-refractivity contribution in [2.45, 2.75) is 19.9 Å². The van der Waals surface area contributed by atoms with Gasteiger partial charge in [0.15, 0.2) is 0 Å². The molecule has 0 saturated carbocycles. The lowest BCUT2D eigenvalue weighted by atomic mass is 9.99. The molecule has 2 rings (SSSR count). The molecule has 1 aromatic heterocycles. The third-order valence-corrected chi connectivity index (χ3v) is 2.88. The fourth-order valence-corrected chi connectivity index (χ4v) is 2.05. The van der Waals surface area contributed by atoms with Crippen LogP contribution in [0.1, 0.15) is 25.5 Å². The number of aromatic amines is 1. The monoisotopic (exact) mass is 232 g/mol. The van der Waals surface area contributed by atoms with Gasteiger partial charge in [0.1, 0.15) is 5.82 Å². The molecule has 0 aliphatic carbocycles. The Hall–Kier alpha value is -1.61. The second-order valence-electron chi connectivity index (χ2n) is 4.09. The zero-order valence-corrected chi connectivity index (χ0v) is 10.1. The van der Waals surface area contributed by atoms with Crippen molar-refractivity contribution < 1.29 is 4.39 Å². The first-order valence-electron chi connectivity index (χ1n) is 5.89. The summed E-state index contributed by atoms with van der Waals surface area (Å²) in [5, 5.41) is 3.35. The second kappa shape index (κ2) is 5.15. The van der Waals surface area contributed by atoms with Crippen molar-refractivity contribution in [2.24, 2.45) is 0 Å². The largest absolute Gasteiger partial charge is 0.361 e. The Bertz CT molecular complexity index is 477. The van der Waals surface area contributed by atoms with Crippen molar-refractivity contribution in [1.82, 2.24) is 10.3 Å². The molecule has 0 bridgehead atoms. The van der Waals surface area contributed by atoms with Crippen LogP contribution in [0.5, 0.6) is 0 Å². The van der Waals surface area contributed by atoms with Crippen LogP contribution in [-0.4, -0.2) is 11.5 Å². The maximum atomic E-state index is 13.4. The van der Waals surface area contributed by atoms with E-state index in [0.717, 1.165) is 23.4 Å². The van der Waals surface area contributed by atoms with E-state index in [2.05, 4.69) is 24.1 Å². The van der Waals surface area contributed by atoms with Gasteiger partial charge in [-0.3, -0.25) is 0 Å². The number of rotatable bonds is 4. The number of benzene rings is 1. The lowest BCUT2D eigenvalue weighted by Crippen LogP contribution is -2.18. The van der Waals surface area contributed by atoms with E-state index in [-0.39, 0.29) is 11.9 Å². The summed E-state index contributed by atoms with van der Waals surface area (Å²) in [5.74, 6) is -0.206. The molecule has 90 valence electrons. The van der Waals surface area contributed by atoms with Crippen LogP contribution in [0.25, 0.3) is 11.3 Å². The molecule has 0 fully saturated rings. The van der Waals surface area contributed by atoms with Crippen molar-refractivity contribution in [3.63, 3.8) is 0 Å². The van der Waals surface area contributed by atoms with Gasteiger partial charge >= 0.3 is 0 Å². The molecule has 1 heterocycles. The lowest BCUT2D eigenvalue weighted by molar-refractivity contribution is 0.593. The molecule has 2 nitrogen and oxygen atoms in total. The van der Waals surface area contributed by atoms with Crippen LogP contribution in [0.2, 0.25) is 0 Å². The quantitative estimate of drug-likeness (QED) is 0.829. The highest BCUT2D eigenvalue weighted by Gasteiger charge is 2.12. The third-order valence-electron chi connectivity index (χ3n) is 2.88. The Morgan fingerprint density at radius 2 is 2.18 bits per heavy atom. The van der Waals surface area contributed by atoms with Crippen molar-refractivity contribution in [3.8, 4) is 11.3 Å². The molecule has 1 atom stereocenters. The minimum atomic E-state index is -0.206. The minimum absolute atomic E-state index is 0.206. The predicted octanol–water partition coefficient (Wildman–Crippen LogP) is 3.49. The summed E-state index contributed by atoms with van der Waals surface area (Å²) in [6.45, 7) is 5.04. The Morgan fingerprint density at radius 1 is 1.35 bits per heavy atom. The van der Waals surface area contributed by atoms with Crippen molar-refractivity contribution in [1.29, 1.82) is 0 Å². The molecular formula is C14H17FN2. The highest BCUT2D eigenvalue weighted by atomic mass is 19.1. The number of hydrogen-bond acceptors (Lipinski definition) is 1. The molecule has 2 N–H and O–H groups in total. The van der Waals surface area contributed by atoms with Gasteiger partial charge in [-0.2, -0.15) is 0 Å². The third kappa shape index (κ3) is 2.56. The second-order valence-corrected chi connectivity index (χ2v) is 4.09. The van der Waals surface area contributed by atoms with Gasteiger partial charge in [0.05, 0.1) is 0 Å². The highest BCUT2D eigenvalue weighted by molar-refractivity contribution is 5.64. The van der Waals surface area contributed by atoms with Gasteiger partial charge in [-0.1, -0.05) is 13.0 Å². The standard InChI is InChI=1S/C14H17FN2/c1-3-16-10(2)12-7-6-11(15)9-13(12)14-5-4-8-17-14/h4-10,16-17H,3H2,1-2H3. The average molecular weight is 232 g/mol. The van der Waals surface area contributed by atoms with E-state index >= 15 is 0 Å². The van der Waals surface area contributed by atoms with E-state index in [1.54, 1.807) is 6.07 Å². The number of nitrogens with one attached hydrogen (secondary N) is 2. The van der Waals surface area contributed by atoms with Gasteiger partial charge in [-0.15, -0.1) is 0 Å². The SMILES string of the molecule is CCNC(C)c1ccc(F)cc1-c1ccc[nH]1. The van der Waals surface area contributed by atoms with Crippen LogP contribution < -0.4 is 5.32 Å². The number of halogens is 1. The molecule has 3 heteroatoms. The van der Waals surface area contributed by atoms with Crippen LogP contribution in [-0.2, 0) is 0 Å². The van der Waals surface area contributed by atoms with Crippen LogP contribution in [0.3, 0.4) is 0 Å². The van der Waals surface area contributed by atoms with Gasteiger partial charge in [0.2, 0.25) is 0 Å². The first-order chi connectivity index (χ1) is 8.22. The molecule has 0 amide bonds. The van der Waals surface area contributed by atoms with E-state index in [0.29, 0.717) is 0 Å². The summed E-state index contributed by atoms with van der Waals surface area (Å²) >= 11 is 0. The molecule has 0 aliphatic heterocycles. The smallest absolute Gasteiger partial charge is 0.123 e. The molecule has 0 aliphatic rings. The van der Waals surface area contributed by atoms with Crippen LogP contribution in [0.15, 0.2) is 36.5 Å². The summed E-state index contributed by atoms with van der Waals surface area (Å²) in [7, 11) is 0. The normalized spacial score (nSPS) is 12.6. The van der Waals surface area contributed by atoms with Gasteiger partial charge in [0, 0.05) is 23.5 Å². The molecule has 1 aromatic carbocycles. The summed E-state index contributed by atoms with van der Waals surface area (Å²) < 4.78 is 13.4. The summed E-state index contributed by atoms with van der Waals surface area (Å²) in [5.41, 5.74) is 2.98. The van der Waals surface area contributed by atoms with Gasteiger partial charge < -0.3 is 10.3 Å². The number of aromatic nitrogens is 1. The van der Waals surface area contributed by atoms with Gasteiger partial charge in [-0.05, 0) is 43.3 Å². The van der Waals surface area contributed by atoms with Crippen LogP contribution >= 0.6 is 0 Å². The van der Waals surface area contributed by atoms with Crippen molar-refractivity contribution >= 4 is 0 Å². The zero-order chi connectivity index (χ0) is 12.3. The minimum Gasteiger partial charge on any atom is -0.361 e. The van der Waals surface area contributed by atoms with E-state index < -0.39 is 0 Å². The topological polar surface area (TPSA) is 27.8 Å². The Balaban J connectivity index is 2.45. The van der Waals surface area contributed by atoms with Crippen molar-refractivity contribution in [3.05, 3.63) is 47.9 Å². The molecule has 1 unspecified atom stereocenters. The first kappa shape index (κ1) is 11.9. The number of H-pyrrole nitrogens is 1. The molecule has 0 radical (unpaired) electrons. The van der Waals surface area contributed by atoms with E-state index in [4.69, 9.17) is 0 Å². The van der Waals surface area contributed by atoms with E-state index in [9.17, 15) is 4.39 Å². The summed E-state index contributed by atoms with van der Waals surface area (Å²) in [6.07, 6.45) is 1.85. The van der Waals surface area contributed by atoms with E-state index in [1.165, 1.54) is 6.07 Å². The fourth-order valence-electron chi connectivity index (χ4n) is 2.05. The molecule has 2 aromatic rings. The van der Waals surface area contributed by atoms with Crippen LogP contribution in [0.4, 0.5) is 4.39 Å². The molecule has 0 spiro atoms. The Labute approximate surface area is 101 Å². The highest BCUT2D eigenvalue weighted by Crippen LogP contribution is 2.27. The Morgan fingerprint density at radius 3 is 2.82 bits per heavy atom.